The number of phenolic OH excluding ortho intramolecular Hbond substituents is 1. The molecular formula is C26H24N2O5. The van der Waals surface area contributed by atoms with Gasteiger partial charge in [0, 0.05) is 0 Å². The van der Waals surface area contributed by atoms with Crippen LogP contribution >= 0.6 is 0 Å². The molecule has 0 aliphatic carbocycles. The van der Waals surface area contributed by atoms with Crippen molar-refractivity contribution in [3.05, 3.63) is 84.4 Å². The number of imide groups is 1. The van der Waals surface area contributed by atoms with Crippen LogP contribution < -0.4 is 14.7 Å². The van der Waals surface area contributed by atoms with E-state index in [1.165, 1.54) is 4.90 Å². The molecule has 5 rings (SSSR count). The minimum absolute atomic E-state index is 0.126. The number of hydrogen-bond acceptors (Lipinski definition) is 6. The molecule has 0 saturated carbocycles. The van der Waals surface area contributed by atoms with Gasteiger partial charge in [-0.25, -0.2) is 9.96 Å². The normalized spacial score (nSPS) is 22.0. The maximum atomic E-state index is 13.6. The molecule has 3 aromatic rings. The molecule has 0 bridgehead atoms. The van der Waals surface area contributed by atoms with Crippen molar-refractivity contribution in [2.24, 2.45) is 5.92 Å². The predicted octanol–water partition coefficient (Wildman–Crippen LogP) is 4.23. The first-order chi connectivity index (χ1) is 16.1. The van der Waals surface area contributed by atoms with Gasteiger partial charge in [0.2, 0.25) is 5.91 Å². The summed E-state index contributed by atoms with van der Waals surface area (Å²) in [4.78, 5) is 34.3. The van der Waals surface area contributed by atoms with Crippen LogP contribution in [0.5, 0.6) is 11.5 Å². The number of hydroxylamine groups is 1. The Morgan fingerprint density at radius 1 is 0.879 bits per heavy atom. The molecule has 1 N–H and O–H groups in total. The third kappa shape index (κ3) is 3.70. The van der Waals surface area contributed by atoms with Crippen molar-refractivity contribution in [1.82, 2.24) is 0 Å². The third-order valence-electron chi connectivity index (χ3n) is 5.93. The Morgan fingerprint density at radius 2 is 1.58 bits per heavy atom. The molecule has 168 valence electrons. The number of nitrogens with zero attached hydrogens (tertiary/aromatic N) is 2. The Kier molecular flexibility index (Phi) is 5.48. The molecular weight excluding hydrogens is 420 g/mol. The van der Waals surface area contributed by atoms with Gasteiger partial charge in [-0.1, -0.05) is 37.3 Å². The number of fused-ring (bicyclic) bond motifs is 1. The number of rotatable bonds is 6. The number of para-hydroxylation sites is 1. The summed E-state index contributed by atoms with van der Waals surface area (Å²) in [6.07, 6.45) is -0.0465. The van der Waals surface area contributed by atoms with Crippen molar-refractivity contribution in [2.75, 3.05) is 16.6 Å². The molecule has 3 atom stereocenters. The molecule has 3 aromatic carbocycles. The van der Waals surface area contributed by atoms with Crippen LogP contribution in [0.3, 0.4) is 0 Å². The number of amides is 2. The topological polar surface area (TPSA) is 79.3 Å². The highest BCUT2D eigenvalue weighted by Crippen LogP contribution is 2.47. The first-order valence-corrected chi connectivity index (χ1v) is 11.0. The molecule has 2 aliphatic rings. The predicted molar refractivity (Wildman–Crippen MR) is 123 cm³/mol. The number of ether oxygens (including phenoxy) is 1. The number of carbonyl (C=O) groups is 2. The molecule has 2 saturated heterocycles. The number of aromatic hydroxyl groups is 1. The van der Waals surface area contributed by atoms with E-state index in [0.717, 1.165) is 17.7 Å². The molecule has 2 aliphatic heterocycles. The van der Waals surface area contributed by atoms with E-state index in [-0.39, 0.29) is 11.7 Å². The Balaban J connectivity index is 1.49. The largest absolute Gasteiger partial charge is 0.508 e. The van der Waals surface area contributed by atoms with Crippen molar-refractivity contribution < 1.29 is 24.3 Å². The monoisotopic (exact) mass is 444 g/mol. The fourth-order valence-corrected chi connectivity index (χ4v) is 4.39. The van der Waals surface area contributed by atoms with Crippen LogP contribution in [-0.4, -0.2) is 29.6 Å². The number of hydrogen-bond donors (Lipinski definition) is 1. The van der Waals surface area contributed by atoms with Crippen molar-refractivity contribution in [3.63, 3.8) is 0 Å². The quantitative estimate of drug-likeness (QED) is 0.573. The number of carbonyl (C=O) groups excluding carboxylic acids is 2. The van der Waals surface area contributed by atoms with Gasteiger partial charge in [-0.15, -0.1) is 0 Å². The van der Waals surface area contributed by atoms with Crippen LogP contribution in [-0.2, 0) is 14.4 Å². The average Bonchev–Trinajstić information content (AvgIpc) is 3.35. The summed E-state index contributed by atoms with van der Waals surface area (Å²) in [5.41, 5.74) is 2.01. The van der Waals surface area contributed by atoms with Crippen LogP contribution in [0.4, 0.5) is 11.4 Å². The smallest absolute Gasteiger partial charge is 0.266 e. The van der Waals surface area contributed by atoms with E-state index in [1.54, 1.807) is 53.6 Å². The van der Waals surface area contributed by atoms with Gasteiger partial charge in [-0.2, -0.15) is 0 Å². The van der Waals surface area contributed by atoms with E-state index in [1.807, 2.05) is 37.3 Å². The van der Waals surface area contributed by atoms with Gasteiger partial charge in [-0.3, -0.25) is 14.4 Å². The maximum Gasteiger partial charge on any atom is 0.266 e. The zero-order valence-electron chi connectivity index (χ0n) is 18.1. The Labute approximate surface area is 191 Å². The highest BCUT2D eigenvalue weighted by Gasteiger charge is 2.60. The van der Waals surface area contributed by atoms with Gasteiger partial charge in [0.1, 0.15) is 17.4 Å². The van der Waals surface area contributed by atoms with E-state index in [9.17, 15) is 14.7 Å². The van der Waals surface area contributed by atoms with Gasteiger partial charge in [0.25, 0.3) is 5.91 Å². The van der Waals surface area contributed by atoms with Crippen molar-refractivity contribution in [2.45, 2.75) is 25.5 Å². The lowest BCUT2D eigenvalue weighted by molar-refractivity contribution is -0.126. The van der Waals surface area contributed by atoms with Crippen LogP contribution in [0.15, 0.2) is 78.9 Å². The summed E-state index contributed by atoms with van der Waals surface area (Å²) in [5.74, 6) is -0.619. The van der Waals surface area contributed by atoms with Crippen LogP contribution in [0.25, 0.3) is 0 Å². The summed E-state index contributed by atoms with van der Waals surface area (Å²) in [5, 5.41) is 11.4. The summed E-state index contributed by atoms with van der Waals surface area (Å²) in [7, 11) is 0. The Hall–Kier alpha value is -3.84. The van der Waals surface area contributed by atoms with E-state index in [0.29, 0.717) is 18.0 Å². The van der Waals surface area contributed by atoms with E-state index < -0.39 is 24.0 Å². The molecule has 0 spiro atoms. The lowest BCUT2D eigenvalue weighted by Gasteiger charge is -2.28. The standard InChI is InChI=1S/C26H24N2O5/c1-2-16-32-21-14-10-18(11-15-21)27-25(30)22-23(17-8-12-20(29)13-9-17)28(33-24(22)26(27)31)19-6-4-3-5-7-19/h3-15,22-24,29H,2,16H2,1H3/t22-,23+,24+/m0/s1. The van der Waals surface area contributed by atoms with Gasteiger partial charge < -0.3 is 9.84 Å². The molecule has 7 heteroatoms. The molecule has 2 fully saturated rings. The zero-order chi connectivity index (χ0) is 22.9. The molecule has 0 unspecified atom stereocenters. The van der Waals surface area contributed by atoms with Gasteiger partial charge in [0.15, 0.2) is 6.10 Å². The van der Waals surface area contributed by atoms with Crippen molar-refractivity contribution >= 4 is 23.2 Å². The van der Waals surface area contributed by atoms with Crippen molar-refractivity contribution in [1.29, 1.82) is 0 Å². The van der Waals surface area contributed by atoms with Gasteiger partial charge in [-0.05, 0) is 60.5 Å². The second-order valence-electron chi connectivity index (χ2n) is 8.10. The van der Waals surface area contributed by atoms with Crippen LogP contribution in [0, 0.1) is 5.92 Å². The molecule has 7 nitrogen and oxygen atoms in total. The Bertz CT molecular complexity index is 1150. The molecule has 2 amide bonds. The highest BCUT2D eigenvalue weighted by molar-refractivity contribution is 6.23. The number of anilines is 2. The number of benzene rings is 3. The third-order valence-corrected chi connectivity index (χ3v) is 5.93. The fraction of sp³-hybridized carbons (Fsp3) is 0.231. The summed E-state index contributed by atoms with van der Waals surface area (Å²) < 4.78 is 5.61. The molecule has 33 heavy (non-hydrogen) atoms. The van der Waals surface area contributed by atoms with Gasteiger partial charge >= 0.3 is 0 Å². The van der Waals surface area contributed by atoms with Gasteiger partial charge in [0.05, 0.1) is 24.0 Å². The zero-order valence-corrected chi connectivity index (χ0v) is 18.1. The lowest BCUT2D eigenvalue weighted by atomic mass is 9.90. The first kappa shape index (κ1) is 21.0. The highest BCUT2D eigenvalue weighted by atomic mass is 16.7. The van der Waals surface area contributed by atoms with Crippen LogP contribution in [0.2, 0.25) is 0 Å². The van der Waals surface area contributed by atoms with Crippen LogP contribution in [0.1, 0.15) is 24.9 Å². The molecule has 0 radical (unpaired) electrons. The van der Waals surface area contributed by atoms with Crippen molar-refractivity contribution in [3.8, 4) is 11.5 Å². The summed E-state index contributed by atoms with van der Waals surface area (Å²) in [6.45, 7) is 2.63. The summed E-state index contributed by atoms with van der Waals surface area (Å²) >= 11 is 0. The second kappa shape index (κ2) is 8.60. The lowest BCUT2D eigenvalue weighted by Crippen LogP contribution is -2.37. The maximum absolute atomic E-state index is 13.6. The first-order valence-electron chi connectivity index (χ1n) is 11.0. The van der Waals surface area contributed by atoms with E-state index in [2.05, 4.69) is 0 Å². The SMILES string of the molecule is CCCOc1ccc(N2C(=O)[C@H]3[C@@H](c4ccc(O)cc4)N(c4ccccc4)O[C@H]3C2=O)cc1. The molecule has 0 aromatic heterocycles. The Morgan fingerprint density at radius 3 is 2.24 bits per heavy atom. The minimum atomic E-state index is -0.937. The minimum Gasteiger partial charge on any atom is -0.508 e. The van der Waals surface area contributed by atoms with E-state index >= 15 is 0 Å². The molecule has 2 heterocycles. The fourth-order valence-electron chi connectivity index (χ4n) is 4.39. The number of phenols is 1. The second-order valence-corrected chi connectivity index (χ2v) is 8.10. The summed E-state index contributed by atoms with van der Waals surface area (Å²) in [6, 6.07) is 22.4. The average molecular weight is 444 g/mol. The van der Waals surface area contributed by atoms with E-state index in [4.69, 9.17) is 9.57 Å².